The molecule has 0 unspecified atom stereocenters. The second kappa shape index (κ2) is 6.24. The highest BCUT2D eigenvalue weighted by atomic mass is 16.5. The number of esters is 1. The van der Waals surface area contributed by atoms with Crippen molar-refractivity contribution in [2.45, 2.75) is 57.4 Å². The molecule has 20 heavy (non-hydrogen) atoms. The molecule has 1 saturated carbocycles. The van der Waals surface area contributed by atoms with E-state index >= 15 is 0 Å². The molecule has 2 fully saturated rings. The Hall–Kier alpha value is -1.59. The summed E-state index contributed by atoms with van der Waals surface area (Å²) in [5, 5.41) is 2.77. The van der Waals surface area contributed by atoms with Crippen LogP contribution in [0.1, 0.15) is 51.9 Å². The van der Waals surface area contributed by atoms with E-state index in [1.807, 2.05) is 6.92 Å². The minimum Gasteiger partial charge on any atom is -0.464 e. The van der Waals surface area contributed by atoms with Gasteiger partial charge in [0.05, 0.1) is 6.61 Å². The summed E-state index contributed by atoms with van der Waals surface area (Å²) in [7, 11) is 0. The number of ether oxygens (including phenoxy) is 1. The Labute approximate surface area is 118 Å². The van der Waals surface area contributed by atoms with Crippen molar-refractivity contribution in [2.75, 3.05) is 13.2 Å². The van der Waals surface area contributed by atoms with Gasteiger partial charge in [-0.15, -0.1) is 0 Å². The van der Waals surface area contributed by atoms with Gasteiger partial charge in [0.15, 0.2) is 0 Å². The van der Waals surface area contributed by atoms with Crippen molar-refractivity contribution >= 4 is 17.9 Å². The van der Waals surface area contributed by atoms with Crippen LogP contribution < -0.4 is 5.32 Å². The molecule has 0 aromatic carbocycles. The van der Waals surface area contributed by atoms with Crippen molar-refractivity contribution < 1.29 is 19.1 Å². The fourth-order valence-electron chi connectivity index (χ4n) is 2.82. The van der Waals surface area contributed by atoms with E-state index in [0.29, 0.717) is 19.4 Å². The minimum atomic E-state index is -0.765. The van der Waals surface area contributed by atoms with Gasteiger partial charge in [-0.05, 0) is 19.3 Å². The molecule has 0 bridgehead atoms. The van der Waals surface area contributed by atoms with Gasteiger partial charge < -0.3 is 10.1 Å². The van der Waals surface area contributed by atoms with Gasteiger partial charge in [-0.1, -0.05) is 32.6 Å². The van der Waals surface area contributed by atoms with E-state index in [4.69, 9.17) is 4.74 Å². The van der Waals surface area contributed by atoms with Gasteiger partial charge >= 0.3 is 12.0 Å². The molecular weight excluding hydrogens is 260 g/mol. The lowest BCUT2D eigenvalue weighted by Gasteiger charge is -2.30. The molecule has 0 atom stereocenters. The molecule has 3 amide bonds. The normalized spacial score (nSPS) is 21.1. The predicted molar refractivity (Wildman–Crippen MR) is 71.9 cm³/mol. The van der Waals surface area contributed by atoms with Crippen LogP contribution in [0, 0.1) is 0 Å². The van der Waals surface area contributed by atoms with Crippen LogP contribution in [-0.4, -0.2) is 41.5 Å². The molecule has 0 radical (unpaired) electrons. The lowest BCUT2D eigenvalue weighted by Crippen LogP contribution is -2.48. The first kappa shape index (κ1) is 14.8. The lowest BCUT2D eigenvalue weighted by atomic mass is 9.82. The summed E-state index contributed by atoms with van der Waals surface area (Å²) in [6.45, 7) is 2.05. The highest BCUT2D eigenvalue weighted by Gasteiger charge is 2.51. The number of hydrogen-bond donors (Lipinski definition) is 1. The highest BCUT2D eigenvalue weighted by molar-refractivity contribution is 6.08. The number of rotatable bonds is 5. The zero-order valence-corrected chi connectivity index (χ0v) is 11.9. The molecule has 2 rings (SSSR count). The second-order valence-corrected chi connectivity index (χ2v) is 5.54. The standard InChI is InChI=1S/C14H22N2O4/c1-2-3-9-20-11(17)10-16-12(18)14(15-13(16)19)7-5-4-6-8-14/h2-10H2,1H3,(H,15,19). The smallest absolute Gasteiger partial charge is 0.326 e. The van der Waals surface area contributed by atoms with Gasteiger partial charge in [0, 0.05) is 0 Å². The number of hydrogen-bond acceptors (Lipinski definition) is 4. The van der Waals surface area contributed by atoms with E-state index in [9.17, 15) is 14.4 Å². The first-order valence-electron chi connectivity index (χ1n) is 7.39. The number of amides is 3. The minimum absolute atomic E-state index is 0.269. The van der Waals surface area contributed by atoms with Crippen LogP contribution in [-0.2, 0) is 14.3 Å². The van der Waals surface area contributed by atoms with Gasteiger partial charge in [-0.3, -0.25) is 14.5 Å². The molecule has 6 nitrogen and oxygen atoms in total. The van der Waals surface area contributed by atoms with E-state index in [1.165, 1.54) is 0 Å². The van der Waals surface area contributed by atoms with E-state index in [-0.39, 0.29) is 12.5 Å². The van der Waals surface area contributed by atoms with Crippen LogP contribution in [0.15, 0.2) is 0 Å². The van der Waals surface area contributed by atoms with Crippen molar-refractivity contribution in [2.24, 2.45) is 0 Å². The van der Waals surface area contributed by atoms with Crippen LogP contribution in [0.25, 0.3) is 0 Å². The molecule has 1 aliphatic carbocycles. The number of carbonyl (C=O) groups is 3. The van der Waals surface area contributed by atoms with E-state index < -0.39 is 17.5 Å². The van der Waals surface area contributed by atoms with Crippen molar-refractivity contribution in [3.63, 3.8) is 0 Å². The first-order valence-corrected chi connectivity index (χ1v) is 7.39. The maximum absolute atomic E-state index is 12.4. The van der Waals surface area contributed by atoms with E-state index in [2.05, 4.69) is 5.32 Å². The Kier molecular flexibility index (Phi) is 4.62. The monoisotopic (exact) mass is 282 g/mol. The summed E-state index contributed by atoms with van der Waals surface area (Å²) in [6, 6.07) is -0.468. The van der Waals surface area contributed by atoms with Gasteiger partial charge in [0.25, 0.3) is 5.91 Å². The Morgan fingerprint density at radius 3 is 2.65 bits per heavy atom. The average molecular weight is 282 g/mol. The molecule has 0 aromatic rings. The third kappa shape index (κ3) is 2.94. The second-order valence-electron chi connectivity index (χ2n) is 5.54. The van der Waals surface area contributed by atoms with Gasteiger partial charge in [0.1, 0.15) is 12.1 Å². The summed E-state index contributed by atoms with van der Waals surface area (Å²) in [6.07, 6.45) is 6.00. The maximum Gasteiger partial charge on any atom is 0.326 e. The number of imide groups is 1. The zero-order valence-electron chi connectivity index (χ0n) is 11.9. The Morgan fingerprint density at radius 1 is 1.30 bits per heavy atom. The SMILES string of the molecule is CCCCOC(=O)CN1C(=O)NC2(CCCCC2)C1=O. The zero-order chi connectivity index (χ0) is 14.6. The topological polar surface area (TPSA) is 75.7 Å². The average Bonchev–Trinajstić information content (AvgIpc) is 2.65. The molecule has 1 aliphatic heterocycles. The molecule has 1 N–H and O–H groups in total. The molecular formula is C14H22N2O4. The van der Waals surface area contributed by atoms with Crippen LogP contribution in [0.5, 0.6) is 0 Å². The Morgan fingerprint density at radius 2 is 2.00 bits per heavy atom. The van der Waals surface area contributed by atoms with E-state index in [0.717, 1.165) is 37.0 Å². The molecule has 1 spiro atoms. The molecule has 0 aromatic heterocycles. The summed E-state index contributed by atoms with van der Waals surface area (Å²) in [5.74, 6) is -0.788. The molecule has 112 valence electrons. The number of urea groups is 1. The van der Waals surface area contributed by atoms with Crippen LogP contribution >= 0.6 is 0 Å². The number of unbranched alkanes of at least 4 members (excludes halogenated alkanes) is 1. The van der Waals surface area contributed by atoms with Crippen molar-refractivity contribution in [1.82, 2.24) is 10.2 Å². The van der Waals surface area contributed by atoms with Gasteiger partial charge in [0.2, 0.25) is 0 Å². The summed E-state index contributed by atoms with van der Waals surface area (Å²) >= 11 is 0. The van der Waals surface area contributed by atoms with E-state index in [1.54, 1.807) is 0 Å². The van der Waals surface area contributed by atoms with Crippen molar-refractivity contribution in [3.05, 3.63) is 0 Å². The van der Waals surface area contributed by atoms with Crippen LogP contribution in [0.4, 0.5) is 4.79 Å². The first-order chi connectivity index (χ1) is 9.59. The molecule has 1 saturated heterocycles. The lowest BCUT2D eigenvalue weighted by molar-refractivity contribution is -0.148. The summed E-state index contributed by atoms with van der Waals surface area (Å²) in [5.41, 5.74) is -0.765. The Balaban J connectivity index is 1.93. The molecule has 2 aliphatic rings. The van der Waals surface area contributed by atoms with Gasteiger partial charge in [-0.2, -0.15) is 0 Å². The van der Waals surface area contributed by atoms with Crippen LogP contribution in [0.3, 0.4) is 0 Å². The van der Waals surface area contributed by atoms with Crippen LogP contribution in [0.2, 0.25) is 0 Å². The fraction of sp³-hybridized carbons (Fsp3) is 0.786. The quantitative estimate of drug-likeness (QED) is 0.472. The van der Waals surface area contributed by atoms with Crippen molar-refractivity contribution in [3.8, 4) is 0 Å². The number of nitrogens with zero attached hydrogens (tertiary/aromatic N) is 1. The van der Waals surface area contributed by atoms with Crippen molar-refractivity contribution in [1.29, 1.82) is 0 Å². The fourth-order valence-corrected chi connectivity index (χ4v) is 2.82. The third-order valence-electron chi connectivity index (χ3n) is 4.00. The summed E-state index contributed by atoms with van der Waals surface area (Å²) < 4.78 is 5.00. The highest BCUT2D eigenvalue weighted by Crippen LogP contribution is 2.33. The maximum atomic E-state index is 12.4. The Bertz CT molecular complexity index is 402. The molecule has 6 heteroatoms. The predicted octanol–water partition coefficient (Wildman–Crippen LogP) is 1.58. The number of carbonyl (C=O) groups excluding carboxylic acids is 3. The summed E-state index contributed by atoms with van der Waals surface area (Å²) in [4.78, 5) is 36.9. The third-order valence-corrected chi connectivity index (χ3v) is 4.00. The number of nitrogens with one attached hydrogen (secondary N) is 1. The van der Waals surface area contributed by atoms with Gasteiger partial charge in [-0.25, -0.2) is 4.79 Å². The molecule has 1 heterocycles. The largest absolute Gasteiger partial charge is 0.464 e.